The third-order valence-corrected chi connectivity index (χ3v) is 5.42. The molecule has 0 fully saturated rings. The average molecular weight is 447 g/mol. The molecule has 8 heteroatoms. The Morgan fingerprint density at radius 2 is 1.81 bits per heavy atom. The lowest BCUT2D eigenvalue weighted by atomic mass is 10.1. The maximum absolute atomic E-state index is 14.6. The molecule has 0 radical (unpaired) electrons. The zero-order valence-corrected chi connectivity index (χ0v) is 18.3. The number of nitrogens with one attached hydrogen (secondary N) is 1. The first kappa shape index (κ1) is 20.3. The van der Waals surface area contributed by atoms with E-state index in [4.69, 9.17) is 21.6 Å². The van der Waals surface area contributed by atoms with Gasteiger partial charge in [-0.15, -0.1) is 5.10 Å². The summed E-state index contributed by atoms with van der Waals surface area (Å²) in [6.07, 6.45) is 0. The average Bonchev–Trinajstić information content (AvgIpc) is 3.38. The van der Waals surface area contributed by atoms with Crippen molar-refractivity contribution in [3.8, 4) is 34.0 Å². The minimum Gasteiger partial charge on any atom is -0.336 e. The fraction of sp³-hybridized carbons (Fsp3) is 0.167. The Kier molecular flexibility index (Phi) is 5.19. The van der Waals surface area contributed by atoms with Crippen LogP contribution >= 0.6 is 11.6 Å². The lowest BCUT2D eigenvalue weighted by Crippen LogP contribution is -2.07. The number of hydrogen-bond acceptors (Lipinski definition) is 4. The van der Waals surface area contributed by atoms with Gasteiger partial charge in [0.15, 0.2) is 5.65 Å². The lowest BCUT2D eigenvalue weighted by molar-refractivity contribution is 0.480. The minimum atomic E-state index is -0.444. The molecule has 0 aliphatic heterocycles. The van der Waals surface area contributed by atoms with E-state index in [-0.39, 0.29) is 10.6 Å². The molecule has 3 aromatic heterocycles. The number of halogens is 2. The van der Waals surface area contributed by atoms with Gasteiger partial charge in [0, 0.05) is 12.1 Å². The quantitative estimate of drug-likeness (QED) is 0.359. The van der Waals surface area contributed by atoms with Crippen LogP contribution in [-0.2, 0) is 6.54 Å². The molecule has 2 aromatic carbocycles. The van der Waals surface area contributed by atoms with Gasteiger partial charge in [-0.3, -0.25) is 0 Å². The highest BCUT2D eigenvalue weighted by molar-refractivity contribution is 6.33. The number of rotatable bonds is 5. The van der Waals surface area contributed by atoms with Crippen molar-refractivity contribution < 1.29 is 4.39 Å². The Morgan fingerprint density at radius 1 is 1.00 bits per heavy atom. The fourth-order valence-electron chi connectivity index (χ4n) is 3.67. The zero-order chi connectivity index (χ0) is 22.2. The maximum atomic E-state index is 14.6. The molecule has 160 valence electrons. The third kappa shape index (κ3) is 3.65. The number of H-pyrrole nitrogens is 1. The smallest absolute Gasteiger partial charge is 0.179 e. The summed E-state index contributed by atoms with van der Waals surface area (Å²) in [6, 6.07) is 18.0. The van der Waals surface area contributed by atoms with E-state index in [9.17, 15) is 4.39 Å². The normalized spacial score (nSPS) is 11.5. The first-order chi connectivity index (χ1) is 15.5. The van der Waals surface area contributed by atoms with E-state index in [0.717, 1.165) is 5.56 Å². The van der Waals surface area contributed by atoms with Crippen LogP contribution in [-0.4, -0.2) is 29.9 Å². The first-order valence-corrected chi connectivity index (χ1v) is 10.7. The number of benzene rings is 2. The Bertz CT molecular complexity index is 1390. The van der Waals surface area contributed by atoms with Crippen LogP contribution in [0.2, 0.25) is 5.02 Å². The second-order valence-electron chi connectivity index (χ2n) is 7.98. The van der Waals surface area contributed by atoms with Crippen molar-refractivity contribution >= 4 is 22.8 Å². The summed E-state index contributed by atoms with van der Waals surface area (Å²) in [6.45, 7) is 4.94. The van der Waals surface area contributed by atoms with Gasteiger partial charge in [-0.1, -0.05) is 67.1 Å². The summed E-state index contributed by atoms with van der Waals surface area (Å²) in [5.41, 5.74) is 4.51. The van der Waals surface area contributed by atoms with Crippen molar-refractivity contribution in [2.75, 3.05) is 0 Å². The minimum absolute atomic E-state index is 0.227. The van der Waals surface area contributed by atoms with Gasteiger partial charge in [0.1, 0.15) is 17.2 Å². The van der Waals surface area contributed by atoms with Crippen LogP contribution in [0, 0.1) is 11.7 Å². The first-order valence-electron chi connectivity index (χ1n) is 10.3. The predicted molar refractivity (Wildman–Crippen MR) is 124 cm³/mol. The highest BCUT2D eigenvalue weighted by Crippen LogP contribution is 2.36. The highest BCUT2D eigenvalue weighted by atomic mass is 35.5. The number of aromatic nitrogens is 6. The van der Waals surface area contributed by atoms with Gasteiger partial charge < -0.3 is 4.98 Å². The Labute approximate surface area is 189 Å². The molecule has 0 unspecified atom stereocenters. The van der Waals surface area contributed by atoms with Crippen LogP contribution in [0.4, 0.5) is 4.39 Å². The van der Waals surface area contributed by atoms with Crippen LogP contribution in [0.3, 0.4) is 0 Å². The second-order valence-corrected chi connectivity index (χ2v) is 8.38. The summed E-state index contributed by atoms with van der Waals surface area (Å²) >= 11 is 6.31. The van der Waals surface area contributed by atoms with Crippen LogP contribution in [0.25, 0.3) is 45.2 Å². The molecule has 0 spiro atoms. The standard InChI is InChI=1S/C24H20ClFN6/c1-14(2)13-32-24-19(30-31-32)12-11-18(27-24)22-21(15-7-4-3-5-8-15)28-23(29-22)20-16(25)9-6-10-17(20)26/h3-12,14H,13H2,1-2H3,(H,28,29). The monoisotopic (exact) mass is 446 g/mol. The van der Waals surface area contributed by atoms with Gasteiger partial charge in [0.25, 0.3) is 0 Å². The molecule has 0 bridgehead atoms. The van der Waals surface area contributed by atoms with Crippen LogP contribution in [0.1, 0.15) is 13.8 Å². The van der Waals surface area contributed by atoms with Crippen molar-refractivity contribution in [2.24, 2.45) is 5.92 Å². The number of imidazole rings is 1. The molecule has 5 aromatic rings. The topological polar surface area (TPSA) is 72.3 Å². The van der Waals surface area contributed by atoms with Gasteiger partial charge in [-0.25, -0.2) is 19.0 Å². The molecular weight excluding hydrogens is 427 g/mol. The number of nitrogens with zero attached hydrogens (tertiary/aromatic N) is 5. The highest BCUT2D eigenvalue weighted by Gasteiger charge is 2.21. The van der Waals surface area contributed by atoms with E-state index in [1.807, 2.05) is 42.5 Å². The third-order valence-electron chi connectivity index (χ3n) is 5.10. The SMILES string of the molecule is CC(C)Cn1nnc2ccc(-c3[nH]c(-c4c(F)cccc4Cl)nc3-c3ccccc3)nc21. The van der Waals surface area contributed by atoms with Crippen LogP contribution in [0.15, 0.2) is 60.7 Å². The molecule has 0 aliphatic carbocycles. The van der Waals surface area contributed by atoms with Gasteiger partial charge in [0.05, 0.1) is 27.7 Å². The molecule has 6 nitrogen and oxygen atoms in total. The molecule has 3 heterocycles. The number of fused-ring (bicyclic) bond motifs is 1. The van der Waals surface area contributed by atoms with E-state index in [1.54, 1.807) is 16.8 Å². The molecule has 5 rings (SSSR count). The van der Waals surface area contributed by atoms with Gasteiger partial charge in [-0.2, -0.15) is 0 Å². The van der Waals surface area contributed by atoms with Crippen LogP contribution in [0.5, 0.6) is 0 Å². The lowest BCUT2D eigenvalue weighted by Gasteiger charge is -2.06. The summed E-state index contributed by atoms with van der Waals surface area (Å²) in [5.74, 6) is 0.296. The molecule has 0 aliphatic rings. The maximum Gasteiger partial charge on any atom is 0.179 e. The number of pyridine rings is 1. The van der Waals surface area contributed by atoms with Crippen LogP contribution < -0.4 is 0 Å². The zero-order valence-electron chi connectivity index (χ0n) is 17.5. The summed E-state index contributed by atoms with van der Waals surface area (Å²) in [5, 5.41) is 8.74. The van der Waals surface area contributed by atoms with E-state index in [2.05, 4.69) is 29.1 Å². The molecule has 1 N–H and O–H groups in total. The Morgan fingerprint density at radius 3 is 2.56 bits per heavy atom. The van der Waals surface area contributed by atoms with Gasteiger partial charge >= 0.3 is 0 Å². The van der Waals surface area contributed by atoms with Crippen molar-refractivity contribution in [2.45, 2.75) is 20.4 Å². The van der Waals surface area contributed by atoms with E-state index in [0.29, 0.717) is 46.5 Å². The van der Waals surface area contributed by atoms with E-state index >= 15 is 0 Å². The number of aromatic amines is 1. The molecule has 0 amide bonds. The van der Waals surface area contributed by atoms with Crippen molar-refractivity contribution in [3.05, 3.63) is 71.5 Å². The summed E-state index contributed by atoms with van der Waals surface area (Å²) in [4.78, 5) is 12.8. The van der Waals surface area contributed by atoms with Crippen molar-refractivity contribution in [3.63, 3.8) is 0 Å². The largest absolute Gasteiger partial charge is 0.336 e. The van der Waals surface area contributed by atoms with Gasteiger partial charge in [0.2, 0.25) is 0 Å². The fourth-order valence-corrected chi connectivity index (χ4v) is 3.92. The van der Waals surface area contributed by atoms with Crippen molar-refractivity contribution in [1.29, 1.82) is 0 Å². The second kappa shape index (κ2) is 8.16. The Balaban J connectivity index is 1.72. The van der Waals surface area contributed by atoms with E-state index < -0.39 is 5.82 Å². The van der Waals surface area contributed by atoms with E-state index in [1.165, 1.54) is 6.07 Å². The molecule has 0 saturated carbocycles. The Hall–Kier alpha value is -3.58. The summed E-state index contributed by atoms with van der Waals surface area (Å²) < 4.78 is 16.4. The summed E-state index contributed by atoms with van der Waals surface area (Å²) in [7, 11) is 0. The molecule has 0 saturated heterocycles. The van der Waals surface area contributed by atoms with Gasteiger partial charge in [-0.05, 0) is 30.2 Å². The number of hydrogen-bond donors (Lipinski definition) is 1. The molecule has 32 heavy (non-hydrogen) atoms. The predicted octanol–water partition coefficient (Wildman–Crippen LogP) is 6.00. The molecule has 0 atom stereocenters. The van der Waals surface area contributed by atoms with Crippen molar-refractivity contribution in [1.82, 2.24) is 29.9 Å². The molecular formula is C24H20ClFN6.